The Labute approximate surface area is 148 Å². The number of rotatable bonds is 4. The predicted molar refractivity (Wildman–Crippen MR) is 95.7 cm³/mol. The topological polar surface area (TPSA) is 82.3 Å². The van der Waals surface area contributed by atoms with Gasteiger partial charge in [0.15, 0.2) is 0 Å². The number of hydrogen-bond acceptors (Lipinski definition) is 5. The molecule has 0 saturated heterocycles. The number of nitrogens with one attached hydrogen (secondary N) is 1. The summed E-state index contributed by atoms with van der Waals surface area (Å²) in [5.74, 6) is -0.698. The maximum atomic E-state index is 13.8. The number of para-hydroxylation sites is 1. The Hall–Kier alpha value is -2.29. The minimum Gasteiger partial charge on any atom is -0.449 e. The van der Waals surface area contributed by atoms with E-state index in [4.69, 9.17) is 4.74 Å². The van der Waals surface area contributed by atoms with E-state index in [1.807, 2.05) is 20.8 Å². The second kappa shape index (κ2) is 7.30. The Balaban J connectivity index is 2.14. The van der Waals surface area contributed by atoms with Crippen molar-refractivity contribution in [3.05, 3.63) is 44.9 Å². The fraction of sp³-hybridized carbons (Fsp3) is 0.438. The highest BCUT2D eigenvalue weighted by Crippen LogP contribution is 2.13. The van der Waals surface area contributed by atoms with Gasteiger partial charge in [-0.15, -0.1) is 0 Å². The summed E-state index contributed by atoms with van der Waals surface area (Å²) in [6, 6.07) is 3.97. The summed E-state index contributed by atoms with van der Waals surface area (Å²) in [4.78, 5) is 36.2. The lowest BCUT2D eigenvalue weighted by molar-refractivity contribution is 0.134. The van der Waals surface area contributed by atoms with E-state index in [0.29, 0.717) is 0 Å². The van der Waals surface area contributed by atoms with Crippen molar-refractivity contribution in [2.75, 3.05) is 6.61 Å². The molecule has 0 spiro atoms. The Morgan fingerprint density at radius 1 is 1.32 bits per heavy atom. The average molecular weight is 369 g/mol. The number of ether oxygens (including phenoxy) is 1. The Morgan fingerprint density at radius 3 is 2.64 bits per heavy atom. The molecule has 0 unspecified atom stereocenters. The highest BCUT2D eigenvalue weighted by molar-refractivity contribution is 7.78. The van der Waals surface area contributed by atoms with Gasteiger partial charge in [0, 0.05) is 12.1 Å². The summed E-state index contributed by atoms with van der Waals surface area (Å²) in [5, 5.41) is 2.69. The van der Waals surface area contributed by atoms with Crippen molar-refractivity contribution in [1.82, 2.24) is 13.9 Å². The molecule has 1 amide bonds. The molecule has 9 heteroatoms. The highest BCUT2D eigenvalue weighted by atomic mass is 32.1. The Kier molecular flexibility index (Phi) is 5.56. The molecule has 7 nitrogen and oxygen atoms in total. The van der Waals surface area contributed by atoms with E-state index >= 15 is 0 Å². The number of fused-ring (bicyclic) bond motifs is 1. The molecule has 0 radical (unpaired) electrons. The zero-order valence-electron chi connectivity index (χ0n) is 14.2. The molecule has 0 saturated carbocycles. The molecule has 2 rings (SSSR count). The summed E-state index contributed by atoms with van der Waals surface area (Å²) in [6.07, 6.45) is -0.326. The lowest BCUT2D eigenvalue weighted by atomic mass is 10.1. The number of carbonyl (C=O) groups is 1. The van der Waals surface area contributed by atoms with E-state index < -0.39 is 28.7 Å². The number of halogens is 1. The molecule has 1 aromatic carbocycles. The molecule has 0 aliphatic heterocycles. The molecule has 0 fully saturated rings. The van der Waals surface area contributed by atoms with Gasteiger partial charge in [-0.05, 0) is 39.3 Å². The number of carbonyl (C=O) groups excluding carboxylic acids is 1. The molecule has 1 aromatic heterocycles. The SMILES string of the molecule is CC(C)(C)NC(=O)OCCCn1c(=O)c2cccc(F)c2n(S)c1=O. The van der Waals surface area contributed by atoms with Crippen LogP contribution in [-0.4, -0.2) is 26.8 Å². The van der Waals surface area contributed by atoms with Gasteiger partial charge >= 0.3 is 11.8 Å². The summed E-state index contributed by atoms with van der Waals surface area (Å²) < 4.78 is 20.6. The number of hydrogen-bond donors (Lipinski definition) is 2. The van der Waals surface area contributed by atoms with E-state index in [2.05, 4.69) is 18.1 Å². The summed E-state index contributed by atoms with van der Waals surface area (Å²) in [6.45, 7) is 5.50. The number of aromatic nitrogens is 2. The van der Waals surface area contributed by atoms with Crippen LogP contribution in [0.3, 0.4) is 0 Å². The fourth-order valence-corrected chi connectivity index (χ4v) is 2.58. The van der Waals surface area contributed by atoms with Crippen molar-refractivity contribution >= 4 is 29.8 Å². The van der Waals surface area contributed by atoms with Crippen LogP contribution in [0.25, 0.3) is 10.9 Å². The van der Waals surface area contributed by atoms with Gasteiger partial charge in [0.25, 0.3) is 5.56 Å². The lowest BCUT2D eigenvalue weighted by Gasteiger charge is -2.19. The molecule has 1 N–H and O–H groups in total. The normalized spacial score (nSPS) is 11.6. The van der Waals surface area contributed by atoms with Gasteiger partial charge in [-0.3, -0.25) is 9.36 Å². The number of thiol groups is 1. The first-order chi connectivity index (χ1) is 11.6. The van der Waals surface area contributed by atoms with E-state index in [9.17, 15) is 18.8 Å². The summed E-state index contributed by atoms with van der Waals surface area (Å²) in [5.41, 5.74) is -1.93. The molecule has 0 atom stereocenters. The average Bonchev–Trinajstić information content (AvgIpc) is 2.50. The first-order valence-corrected chi connectivity index (χ1v) is 8.10. The fourth-order valence-electron chi connectivity index (χ4n) is 2.27. The van der Waals surface area contributed by atoms with Gasteiger partial charge < -0.3 is 10.1 Å². The van der Waals surface area contributed by atoms with Gasteiger partial charge in [-0.2, -0.15) is 0 Å². The van der Waals surface area contributed by atoms with E-state index in [1.165, 1.54) is 12.1 Å². The van der Waals surface area contributed by atoms with Crippen LogP contribution < -0.4 is 16.6 Å². The molecule has 0 bridgehead atoms. The lowest BCUT2D eigenvalue weighted by Crippen LogP contribution is -2.41. The molecule has 1 heterocycles. The van der Waals surface area contributed by atoms with E-state index in [-0.39, 0.29) is 30.5 Å². The van der Waals surface area contributed by atoms with E-state index in [0.717, 1.165) is 14.6 Å². The van der Waals surface area contributed by atoms with Crippen LogP contribution in [0.5, 0.6) is 0 Å². The van der Waals surface area contributed by atoms with Crippen LogP contribution >= 0.6 is 12.8 Å². The largest absolute Gasteiger partial charge is 0.449 e. The van der Waals surface area contributed by atoms with Crippen molar-refractivity contribution in [2.24, 2.45) is 0 Å². The third-order valence-corrected chi connectivity index (χ3v) is 3.69. The summed E-state index contributed by atoms with van der Waals surface area (Å²) >= 11 is 3.98. The Morgan fingerprint density at radius 2 is 2.00 bits per heavy atom. The molecule has 0 aliphatic rings. The van der Waals surface area contributed by atoms with Gasteiger partial charge in [0.05, 0.1) is 12.0 Å². The molecule has 25 heavy (non-hydrogen) atoms. The van der Waals surface area contributed by atoms with Crippen molar-refractivity contribution < 1.29 is 13.9 Å². The van der Waals surface area contributed by atoms with Gasteiger partial charge in [0.1, 0.15) is 11.3 Å². The first kappa shape index (κ1) is 19.0. The van der Waals surface area contributed by atoms with Crippen molar-refractivity contribution in [1.29, 1.82) is 0 Å². The van der Waals surface area contributed by atoms with Crippen molar-refractivity contribution in [3.8, 4) is 0 Å². The van der Waals surface area contributed by atoms with Crippen LogP contribution in [0.1, 0.15) is 27.2 Å². The highest BCUT2D eigenvalue weighted by Gasteiger charge is 2.16. The van der Waals surface area contributed by atoms with Gasteiger partial charge in [-0.1, -0.05) is 18.9 Å². The third kappa shape index (κ3) is 4.41. The molecule has 2 aromatic rings. The third-order valence-electron chi connectivity index (χ3n) is 3.32. The molecular weight excluding hydrogens is 349 g/mol. The van der Waals surface area contributed by atoms with Crippen LogP contribution in [0, 0.1) is 5.82 Å². The molecule has 136 valence electrons. The summed E-state index contributed by atoms with van der Waals surface area (Å²) in [7, 11) is 0. The number of nitrogens with zero attached hydrogens (tertiary/aromatic N) is 2. The first-order valence-electron chi connectivity index (χ1n) is 7.70. The smallest absolute Gasteiger partial charge is 0.407 e. The van der Waals surface area contributed by atoms with Crippen LogP contribution in [-0.2, 0) is 11.3 Å². The molecular formula is C16H20FN3O4S. The maximum Gasteiger partial charge on any atom is 0.407 e. The van der Waals surface area contributed by atoms with Crippen LogP contribution in [0.4, 0.5) is 9.18 Å². The van der Waals surface area contributed by atoms with Crippen LogP contribution in [0.15, 0.2) is 27.8 Å². The monoisotopic (exact) mass is 369 g/mol. The zero-order chi connectivity index (χ0) is 18.8. The van der Waals surface area contributed by atoms with Crippen molar-refractivity contribution in [3.63, 3.8) is 0 Å². The zero-order valence-corrected chi connectivity index (χ0v) is 15.1. The predicted octanol–water partition coefficient (Wildman–Crippen LogP) is 1.91. The standard InChI is InChI=1S/C16H20FN3O4S/c1-16(2,3)18-14(22)24-9-5-8-19-13(21)10-6-4-7-11(17)12(10)20(25)15(19)23/h4,6-7,25H,5,8-9H2,1-3H3,(H,18,22). The second-order valence-corrected chi connectivity index (χ2v) is 6.95. The number of benzene rings is 1. The number of alkyl carbamates (subject to hydrolysis) is 1. The minimum atomic E-state index is -0.745. The Bertz CT molecular complexity index is 914. The maximum absolute atomic E-state index is 13.8. The number of amides is 1. The van der Waals surface area contributed by atoms with Crippen LogP contribution in [0.2, 0.25) is 0 Å². The van der Waals surface area contributed by atoms with Gasteiger partial charge in [-0.25, -0.2) is 18.0 Å². The molecule has 0 aliphatic carbocycles. The van der Waals surface area contributed by atoms with E-state index in [1.54, 1.807) is 0 Å². The quantitative estimate of drug-likeness (QED) is 0.637. The second-order valence-electron chi connectivity index (χ2n) is 6.55. The van der Waals surface area contributed by atoms with Crippen molar-refractivity contribution in [2.45, 2.75) is 39.3 Å². The van der Waals surface area contributed by atoms with Gasteiger partial charge in [0.2, 0.25) is 0 Å². The minimum absolute atomic E-state index is 0.0213.